The van der Waals surface area contributed by atoms with Crippen LogP contribution >= 0.6 is 0 Å². The van der Waals surface area contributed by atoms with Gasteiger partial charge in [-0.05, 0) is 12.5 Å². The number of carbonyl (C=O) groups is 1. The Morgan fingerprint density at radius 3 is 2.64 bits per heavy atom. The van der Waals surface area contributed by atoms with E-state index in [1.165, 1.54) is 4.57 Å². The van der Waals surface area contributed by atoms with E-state index in [4.69, 9.17) is 0 Å². The summed E-state index contributed by atoms with van der Waals surface area (Å²) in [6, 6.07) is 0.363. The molecule has 0 radical (unpaired) electrons. The molecule has 1 N–H and O–H groups in total. The maximum absolute atomic E-state index is 14.1. The van der Waals surface area contributed by atoms with Crippen molar-refractivity contribution in [1.29, 1.82) is 0 Å². The number of methoxy groups -OCH3 is 1. The van der Waals surface area contributed by atoms with Gasteiger partial charge in [-0.25, -0.2) is 8.78 Å². The fourth-order valence-electron chi connectivity index (χ4n) is 2.96. The summed E-state index contributed by atoms with van der Waals surface area (Å²) in [5.41, 5.74) is -0.817. The molecule has 0 bridgehead atoms. The second-order valence-electron chi connectivity index (χ2n) is 6.17. The number of fused-ring (bicyclic) bond motifs is 1. The molecule has 1 aromatic carbocycles. The minimum atomic E-state index is -4.38. The molecule has 0 aliphatic carbocycles. The van der Waals surface area contributed by atoms with E-state index in [2.05, 4.69) is 20.3 Å². The van der Waals surface area contributed by atoms with E-state index in [1.807, 2.05) is 0 Å². The summed E-state index contributed by atoms with van der Waals surface area (Å²) in [4.78, 5) is 12.2. The molecule has 0 saturated heterocycles. The van der Waals surface area contributed by atoms with Gasteiger partial charge in [0.2, 0.25) is 5.82 Å². The van der Waals surface area contributed by atoms with Gasteiger partial charge < -0.3 is 14.6 Å². The van der Waals surface area contributed by atoms with Crippen molar-refractivity contribution in [2.75, 3.05) is 7.11 Å². The van der Waals surface area contributed by atoms with Crippen molar-refractivity contribution in [1.82, 2.24) is 20.1 Å². The smallest absolute Gasteiger partial charge is 0.393 e. The van der Waals surface area contributed by atoms with Crippen LogP contribution in [-0.4, -0.2) is 34.0 Å². The van der Waals surface area contributed by atoms with Gasteiger partial charge >= 0.3 is 6.18 Å². The SMILES string of the molecule is COc1c(F)c(F)cc(C(=O)NCc2nnc3n2C[C@H](C(F)(F)F)CC3)c1F. The molecule has 3 rings (SSSR count). The largest absolute Gasteiger partial charge is 0.491 e. The average molecular weight is 408 g/mol. The molecule has 1 aliphatic rings. The number of nitrogens with zero attached hydrogens (tertiary/aromatic N) is 3. The van der Waals surface area contributed by atoms with E-state index in [-0.39, 0.29) is 25.2 Å². The Morgan fingerprint density at radius 1 is 1.29 bits per heavy atom. The number of nitrogens with one attached hydrogen (secondary N) is 1. The number of benzene rings is 1. The monoisotopic (exact) mass is 408 g/mol. The van der Waals surface area contributed by atoms with Crippen molar-refractivity contribution in [3.05, 3.63) is 40.7 Å². The number of hydrogen-bond donors (Lipinski definition) is 1. The van der Waals surface area contributed by atoms with Gasteiger partial charge in [0, 0.05) is 13.0 Å². The second-order valence-corrected chi connectivity index (χ2v) is 6.17. The first-order valence-corrected chi connectivity index (χ1v) is 8.10. The lowest BCUT2D eigenvalue weighted by Gasteiger charge is -2.26. The summed E-state index contributed by atoms with van der Waals surface area (Å²) >= 11 is 0. The van der Waals surface area contributed by atoms with Crippen LogP contribution in [-0.2, 0) is 19.5 Å². The zero-order chi connectivity index (χ0) is 20.6. The predicted octanol–water partition coefficient (Wildman–Crippen LogP) is 2.76. The molecular weight excluding hydrogens is 394 g/mol. The highest BCUT2D eigenvalue weighted by atomic mass is 19.4. The van der Waals surface area contributed by atoms with Crippen LogP contribution in [0.25, 0.3) is 0 Å². The summed E-state index contributed by atoms with van der Waals surface area (Å²) in [6.45, 7) is -0.776. The first-order chi connectivity index (χ1) is 13.1. The Bertz CT molecular complexity index is 912. The molecule has 0 saturated carbocycles. The summed E-state index contributed by atoms with van der Waals surface area (Å²) in [5, 5.41) is 9.75. The van der Waals surface area contributed by atoms with Crippen LogP contribution in [0, 0.1) is 23.4 Å². The number of halogens is 6. The van der Waals surface area contributed by atoms with Gasteiger partial charge in [0.15, 0.2) is 23.2 Å². The lowest BCUT2D eigenvalue weighted by molar-refractivity contribution is -0.182. The van der Waals surface area contributed by atoms with Gasteiger partial charge in [-0.1, -0.05) is 0 Å². The molecule has 2 aromatic rings. The molecule has 28 heavy (non-hydrogen) atoms. The Morgan fingerprint density at radius 2 is 2.00 bits per heavy atom. The highest BCUT2D eigenvalue weighted by molar-refractivity contribution is 5.94. The fourth-order valence-corrected chi connectivity index (χ4v) is 2.96. The zero-order valence-corrected chi connectivity index (χ0v) is 14.4. The molecule has 1 aliphatic heterocycles. The van der Waals surface area contributed by atoms with Crippen molar-refractivity contribution < 1.29 is 35.9 Å². The van der Waals surface area contributed by atoms with Crippen molar-refractivity contribution in [2.45, 2.75) is 32.1 Å². The number of alkyl halides is 3. The third kappa shape index (κ3) is 3.62. The van der Waals surface area contributed by atoms with Crippen LogP contribution in [0.3, 0.4) is 0 Å². The normalized spacial score (nSPS) is 16.6. The molecule has 6 nitrogen and oxygen atoms in total. The highest BCUT2D eigenvalue weighted by Gasteiger charge is 2.42. The molecule has 12 heteroatoms. The summed E-state index contributed by atoms with van der Waals surface area (Å²) < 4.78 is 85.6. The fraction of sp³-hybridized carbons (Fsp3) is 0.438. The van der Waals surface area contributed by atoms with Crippen molar-refractivity contribution in [2.24, 2.45) is 5.92 Å². The standard InChI is InChI=1S/C16H14F6N4O2/c1-28-14-12(18)8(4-9(17)13(14)19)15(27)23-5-11-25-24-10-3-2-7(6-26(10)11)16(20,21)22/h4,7H,2-3,5-6H2,1H3,(H,23,27)/t7-/m1/s1. The minimum Gasteiger partial charge on any atom is -0.491 e. The highest BCUT2D eigenvalue weighted by Crippen LogP contribution is 2.34. The van der Waals surface area contributed by atoms with Crippen molar-refractivity contribution in [3.63, 3.8) is 0 Å². The summed E-state index contributed by atoms with van der Waals surface area (Å²) in [6.07, 6.45) is -4.43. The number of rotatable bonds is 4. The molecular formula is C16H14F6N4O2. The first kappa shape index (κ1) is 20.0. The number of ether oxygens (including phenoxy) is 1. The van der Waals surface area contributed by atoms with Crippen LogP contribution in [0.15, 0.2) is 6.07 Å². The van der Waals surface area contributed by atoms with Gasteiger partial charge in [-0.3, -0.25) is 4.79 Å². The second kappa shape index (κ2) is 7.32. The van der Waals surface area contributed by atoms with Gasteiger partial charge in [-0.15, -0.1) is 10.2 Å². The number of aryl methyl sites for hydroxylation is 1. The zero-order valence-electron chi connectivity index (χ0n) is 14.4. The lowest BCUT2D eigenvalue weighted by Crippen LogP contribution is -2.34. The van der Waals surface area contributed by atoms with E-state index in [1.54, 1.807) is 0 Å². The Kier molecular flexibility index (Phi) is 5.22. The molecule has 0 spiro atoms. The number of carbonyl (C=O) groups excluding carboxylic acids is 1. The predicted molar refractivity (Wildman–Crippen MR) is 81.9 cm³/mol. The molecule has 1 atom stereocenters. The molecule has 2 heterocycles. The van der Waals surface area contributed by atoms with Gasteiger partial charge in [-0.2, -0.15) is 17.6 Å². The van der Waals surface area contributed by atoms with Crippen LogP contribution in [0.2, 0.25) is 0 Å². The third-order valence-corrected chi connectivity index (χ3v) is 4.46. The minimum absolute atomic E-state index is 0.0345. The van der Waals surface area contributed by atoms with Gasteiger partial charge in [0.25, 0.3) is 5.91 Å². The van der Waals surface area contributed by atoms with E-state index in [0.717, 1.165) is 7.11 Å². The maximum atomic E-state index is 14.1. The van der Waals surface area contributed by atoms with Crippen LogP contribution in [0.1, 0.15) is 28.4 Å². The average Bonchev–Trinajstić information content (AvgIpc) is 3.05. The van der Waals surface area contributed by atoms with E-state index < -0.39 is 53.3 Å². The third-order valence-electron chi connectivity index (χ3n) is 4.46. The lowest BCUT2D eigenvalue weighted by atomic mass is 9.99. The molecule has 152 valence electrons. The molecule has 0 unspecified atom stereocenters. The van der Waals surface area contributed by atoms with Gasteiger partial charge in [0.05, 0.1) is 25.1 Å². The van der Waals surface area contributed by atoms with E-state index in [0.29, 0.717) is 11.9 Å². The van der Waals surface area contributed by atoms with Crippen molar-refractivity contribution in [3.8, 4) is 5.75 Å². The van der Waals surface area contributed by atoms with Crippen LogP contribution in [0.4, 0.5) is 26.3 Å². The Hall–Kier alpha value is -2.79. The number of hydrogen-bond acceptors (Lipinski definition) is 4. The quantitative estimate of drug-likeness (QED) is 0.624. The summed E-state index contributed by atoms with van der Waals surface area (Å²) in [7, 11) is 0.905. The van der Waals surface area contributed by atoms with Crippen LogP contribution in [0.5, 0.6) is 5.75 Å². The summed E-state index contributed by atoms with van der Waals surface area (Å²) in [5.74, 6) is -7.85. The van der Waals surface area contributed by atoms with Crippen LogP contribution < -0.4 is 10.1 Å². The number of aromatic nitrogens is 3. The Labute approximate surface area is 154 Å². The Balaban J connectivity index is 1.77. The van der Waals surface area contributed by atoms with Crippen molar-refractivity contribution >= 4 is 5.91 Å². The number of amides is 1. The first-order valence-electron chi connectivity index (χ1n) is 8.10. The van der Waals surface area contributed by atoms with E-state index >= 15 is 0 Å². The molecule has 0 fully saturated rings. The van der Waals surface area contributed by atoms with E-state index in [9.17, 15) is 31.1 Å². The maximum Gasteiger partial charge on any atom is 0.393 e. The topological polar surface area (TPSA) is 69.0 Å². The molecule has 1 amide bonds. The molecule has 1 aromatic heterocycles. The van der Waals surface area contributed by atoms with Gasteiger partial charge in [0.1, 0.15) is 5.82 Å².